The second kappa shape index (κ2) is 9.34. The van der Waals surface area contributed by atoms with E-state index in [2.05, 4.69) is 0 Å². The Kier molecular flexibility index (Phi) is 6.35. The molecule has 7 nitrogen and oxygen atoms in total. The highest BCUT2D eigenvalue weighted by Gasteiger charge is 2.21. The number of fused-ring (bicyclic) bond motifs is 2. The Bertz CT molecular complexity index is 1210. The highest BCUT2D eigenvalue weighted by atomic mass is 16.7. The minimum Gasteiger partial charge on any atom is -0.486 e. The third kappa shape index (κ3) is 4.15. The molecule has 0 fully saturated rings. The van der Waals surface area contributed by atoms with E-state index >= 15 is 0 Å². The van der Waals surface area contributed by atoms with Crippen LogP contribution in [0.5, 0.6) is 17.2 Å². The molecule has 1 aromatic heterocycles. The van der Waals surface area contributed by atoms with E-state index in [0.29, 0.717) is 71.2 Å². The first-order valence-corrected chi connectivity index (χ1v) is 10.9. The molecule has 2 aromatic carbocycles. The van der Waals surface area contributed by atoms with E-state index in [1.807, 2.05) is 32.0 Å². The SMILES string of the molecule is CCCc1cc2c(=O)c(-c3ccc4c(c3)OCCO4)c(CC)oc2cc1OC(=O)OCC. The summed E-state index contributed by atoms with van der Waals surface area (Å²) in [4.78, 5) is 25.5. The van der Waals surface area contributed by atoms with Crippen molar-refractivity contribution in [1.29, 1.82) is 0 Å². The van der Waals surface area contributed by atoms with Gasteiger partial charge in [-0.15, -0.1) is 0 Å². The van der Waals surface area contributed by atoms with E-state index in [1.54, 1.807) is 19.1 Å². The Morgan fingerprint density at radius 2 is 1.81 bits per heavy atom. The maximum absolute atomic E-state index is 13.6. The Morgan fingerprint density at radius 3 is 2.53 bits per heavy atom. The van der Waals surface area contributed by atoms with Crippen molar-refractivity contribution in [2.45, 2.75) is 40.0 Å². The van der Waals surface area contributed by atoms with Crippen LogP contribution in [0.25, 0.3) is 22.1 Å². The lowest BCUT2D eigenvalue weighted by atomic mass is 9.98. The Labute approximate surface area is 185 Å². The lowest BCUT2D eigenvalue weighted by Crippen LogP contribution is -2.16. The van der Waals surface area contributed by atoms with Crippen LogP contribution in [0.2, 0.25) is 0 Å². The molecule has 4 rings (SSSR count). The van der Waals surface area contributed by atoms with Gasteiger partial charge in [0.25, 0.3) is 0 Å². The summed E-state index contributed by atoms with van der Waals surface area (Å²) in [6, 6.07) is 8.82. The van der Waals surface area contributed by atoms with Crippen molar-refractivity contribution in [3.63, 3.8) is 0 Å². The van der Waals surface area contributed by atoms with E-state index in [4.69, 9.17) is 23.4 Å². The quantitative estimate of drug-likeness (QED) is 0.382. The van der Waals surface area contributed by atoms with Crippen LogP contribution in [-0.4, -0.2) is 26.0 Å². The number of ether oxygens (including phenoxy) is 4. The predicted molar refractivity (Wildman–Crippen MR) is 120 cm³/mol. The van der Waals surface area contributed by atoms with Crippen LogP contribution >= 0.6 is 0 Å². The maximum atomic E-state index is 13.6. The monoisotopic (exact) mass is 438 g/mol. The molecule has 0 amide bonds. The van der Waals surface area contributed by atoms with Gasteiger partial charge in [0.15, 0.2) is 11.5 Å². The summed E-state index contributed by atoms with van der Waals surface area (Å²) in [5.74, 6) is 2.16. The smallest absolute Gasteiger partial charge is 0.486 e. The summed E-state index contributed by atoms with van der Waals surface area (Å²) in [5.41, 5.74) is 2.19. The van der Waals surface area contributed by atoms with Crippen molar-refractivity contribution in [2.24, 2.45) is 0 Å². The van der Waals surface area contributed by atoms with Gasteiger partial charge in [-0.2, -0.15) is 0 Å². The van der Waals surface area contributed by atoms with Crippen molar-refractivity contribution in [1.82, 2.24) is 0 Å². The number of carbonyl (C=O) groups excluding carboxylic acids is 1. The van der Waals surface area contributed by atoms with E-state index in [-0.39, 0.29) is 12.0 Å². The molecule has 0 spiro atoms. The van der Waals surface area contributed by atoms with Crippen LogP contribution in [0, 0.1) is 0 Å². The molecular weight excluding hydrogens is 412 g/mol. The first kappa shape index (κ1) is 21.7. The Morgan fingerprint density at radius 1 is 1.03 bits per heavy atom. The van der Waals surface area contributed by atoms with Gasteiger partial charge in [0.05, 0.1) is 17.6 Å². The second-order valence-corrected chi connectivity index (χ2v) is 7.43. The number of benzene rings is 2. The van der Waals surface area contributed by atoms with Gasteiger partial charge in [-0.25, -0.2) is 4.79 Å². The fraction of sp³-hybridized carbons (Fsp3) is 0.360. The fourth-order valence-corrected chi connectivity index (χ4v) is 3.85. The van der Waals surface area contributed by atoms with Crippen molar-refractivity contribution in [2.75, 3.05) is 19.8 Å². The standard InChI is InChI=1S/C25H26O7/c1-4-7-15-12-17-21(14-20(15)32-25(27)28-6-3)31-18(5-2)23(24(17)26)16-8-9-19-22(13-16)30-11-10-29-19/h8-9,12-14H,4-7,10-11H2,1-3H3. The average Bonchev–Trinajstić information content (AvgIpc) is 2.79. The molecule has 0 aliphatic carbocycles. The zero-order valence-corrected chi connectivity index (χ0v) is 18.5. The zero-order valence-electron chi connectivity index (χ0n) is 18.5. The summed E-state index contributed by atoms with van der Waals surface area (Å²) in [6.07, 6.45) is 1.19. The van der Waals surface area contributed by atoms with Crippen LogP contribution in [0.15, 0.2) is 39.5 Å². The predicted octanol–water partition coefficient (Wildman–Crippen LogP) is 5.28. The lowest BCUT2D eigenvalue weighted by Gasteiger charge is -2.19. The van der Waals surface area contributed by atoms with Gasteiger partial charge >= 0.3 is 6.16 Å². The fourth-order valence-electron chi connectivity index (χ4n) is 3.85. The molecule has 2 heterocycles. The van der Waals surface area contributed by atoms with Crippen LogP contribution < -0.4 is 19.6 Å². The normalized spacial score (nSPS) is 12.6. The number of aryl methyl sites for hydroxylation is 2. The summed E-state index contributed by atoms with van der Waals surface area (Å²) >= 11 is 0. The van der Waals surface area contributed by atoms with Gasteiger partial charge in [-0.1, -0.05) is 26.3 Å². The summed E-state index contributed by atoms with van der Waals surface area (Å²) in [5, 5.41) is 0.437. The molecular formula is C25H26O7. The van der Waals surface area contributed by atoms with Gasteiger partial charge in [0, 0.05) is 12.5 Å². The van der Waals surface area contributed by atoms with Crippen LogP contribution in [0.4, 0.5) is 4.79 Å². The van der Waals surface area contributed by atoms with Crippen LogP contribution in [0.3, 0.4) is 0 Å². The zero-order chi connectivity index (χ0) is 22.7. The van der Waals surface area contributed by atoms with Gasteiger partial charge in [-0.05, 0) is 42.7 Å². The number of carbonyl (C=O) groups is 1. The van der Waals surface area contributed by atoms with E-state index < -0.39 is 6.16 Å². The van der Waals surface area contributed by atoms with Crippen LogP contribution in [-0.2, 0) is 17.6 Å². The third-order valence-electron chi connectivity index (χ3n) is 5.27. The van der Waals surface area contributed by atoms with Gasteiger partial charge in [0.1, 0.15) is 30.3 Å². The number of hydrogen-bond acceptors (Lipinski definition) is 7. The molecule has 1 aliphatic heterocycles. The molecule has 0 unspecified atom stereocenters. The minimum atomic E-state index is -0.782. The first-order chi connectivity index (χ1) is 15.5. The summed E-state index contributed by atoms with van der Waals surface area (Å²) in [6.45, 7) is 6.83. The van der Waals surface area contributed by atoms with Crippen molar-refractivity contribution in [3.8, 4) is 28.4 Å². The molecule has 0 saturated carbocycles. The molecule has 168 valence electrons. The Hall–Kier alpha value is -3.48. The highest BCUT2D eigenvalue weighted by molar-refractivity contribution is 5.86. The van der Waals surface area contributed by atoms with Gasteiger partial charge < -0.3 is 23.4 Å². The van der Waals surface area contributed by atoms with Crippen molar-refractivity contribution in [3.05, 3.63) is 51.9 Å². The number of hydrogen-bond donors (Lipinski definition) is 0. The summed E-state index contributed by atoms with van der Waals surface area (Å²) in [7, 11) is 0. The molecule has 0 saturated heterocycles. The second-order valence-electron chi connectivity index (χ2n) is 7.43. The lowest BCUT2D eigenvalue weighted by molar-refractivity contribution is 0.104. The molecule has 0 N–H and O–H groups in total. The van der Waals surface area contributed by atoms with E-state index in [9.17, 15) is 9.59 Å². The average molecular weight is 438 g/mol. The molecule has 32 heavy (non-hydrogen) atoms. The molecule has 1 aliphatic rings. The largest absolute Gasteiger partial charge is 0.513 e. The van der Waals surface area contributed by atoms with Crippen LogP contribution in [0.1, 0.15) is 38.5 Å². The number of rotatable bonds is 6. The molecule has 3 aromatic rings. The van der Waals surface area contributed by atoms with Crippen molar-refractivity contribution < 1.29 is 28.2 Å². The van der Waals surface area contributed by atoms with Gasteiger partial charge in [0.2, 0.25) is 5.43 Å². The minimum absolute atomic E-state index is 0.139. The van der Waals surface area contributed by atoms with E-state index in [1.165, 1.54) is 0 Å². The third-order valence-corrected chi connectivity index (χ3v) is 5.27. The summed E-state index contributed by atoms with van der Waals surface area (Å²) < 4.78 is 27.7. The molecule has 0 atom stereocenters. The highest BCUT2D eigenvalue weighted by Crippen LogP contribution is 2.36. The maximum Gasteiger partial charge on any atom is 0.513 e. The van der Waals surface area contributed by atoms with E-state index in [0.717, 1.165) is 12.0 Å². The molecule has 0 radical (unpaired) electrons. The topological polar surface area (TPSA) is 84.2 Å². The van der Waals surface area contributed by atoms with Gasteiger partial charge in [-0.3, -0.25) is 4.79 Å². The molecule has 0 bridgehead atoms. The first-order valence-electron chi connectivity index (χ1n) is 10.9. The Balaban J connectivity index is 1.87. The molecule has 7 heteroatoms. The van der Waals surface area contributed by atoms with Crippen molar-refractivity contribution >= 4 is 17.1 Å².